The van der Waals surface area contributed by atoms with Gasteiger partial charge in [-0.2, -0.15) is 0 Å². The molecular weight excluding hydrogens is 690 g/mol. The molecule has 7 aliphatic rings. The van der Waals surface area contributed by atoms with Crippen LogP contribution in [-0.4, -0.2) is 144 Å². The molecule has 5 amide bonds. The fourth-order valence-electron chi connectivity index (χ4n) is 10.5. The minimum atomic E-state index is -0.795. The summed E-state index contributed by atoms with van der Waals surface area (Å²) < 4.78 is 5.93. The van der Waals surface area contributed by atoms with E-state index in [-0.39, 0.29) is 29.2 Å². The number of hydrogen-bond donors (Lipinski definition) is 1. The van der Waals surface area contributed by atoms with Gasteiger partial charge in [0, 0.05) is 82.1 Å². The van der Waals surface area contributed by atoms with Crippen molar-refractivity contribution >= 4 is 46.2 Å². The summed E-state index contributed by atoms with van der Waals surface area (Å²) in [6.07, 6.45) is 8.55. The molecule has 4 unspecified atom stereocenters. The summed E-state index contributed by atoms with van der Waals surface area (Å²) >= 11 is 0. The summed E-state index contributed by atoms with van der Waals surface area (Å²) in [5.41, 5.74) is 3.26. The molecule has 1 aromatic carbocycles. The van der Waals surface area contributed by atoms with Gasteiger partial charge in [-0.25, -0.2) is 4.79 Å². The zero-order chi connectivity index (χ0) is 37.1. The van der Waals surface area contributed by atoms with Crippen LogP contribution in [0.15, 0.2) is 21.3 Å². The lowest BCUT2D eigenvalue weighted by Crippen LogP contribution is -2.58. The van der Waals surface area contributed by atoms with Gasteiger partial charge in [0.25, 0.3) is 5.91 Å². The van der Waals surface area contributed by atoms with Crippen molar-refractivity contribution in [1.82, 2.24) is 29.8 Å². The van der Waals surface area contributed by atoms with Crippen LogP contribution in [0.2, 0.25) is 0 Å². The van der Waals surface area contributed by atoms with E-state index in [9.17, 15) is 28.8 Å². The molecule has 0 saturated carbocycles. The average Bonchev–Trinajstić information content (AvgIpc) is 4.04. The number of likely N-dealkylation sites (tertiary alicyclic amines) is 4. The zero-order valence-electron chi connectivity index (χ0n) is 31.1. The molecule has 1 N–H and O–H groups in total. The van der Waals surface area contributed by atoms with E-state index in [1.807, 2.05) is 4.90 Å². The number of piperazine rings is 1. The number of nitrogens with zero attached hydrogens (tertiary/aromatic N) is 6. The fourth-order valence-corrected chi connectivity index (χ4v) is 10.5. The second-order valence-corrected chi connectivity index (χ2v) is 16.2. The van der Waals surface area contributed by atoms with Crippen molar-refractivity contribution < 1.29 is 28.4 Å². The molecular formula is C40H51N7O7. The number of amides is 5. The third-order valence-electron chi connectivity index (χ3n) is 13.1. The standard InChI is InChI=1S/C40H51N7O7/c48-35(28-24-26-23-25-7-1-15-42-16-2-8-27(33(25)42)34(26)54-40(28)53)44-17-4-10-30(44)37(50)46-19-6-12-32(46)39(52)47-20-5-11-31(47)38(51)45-18-3-9-29(45)36(49)43-21-13-41-14-22-43/h23-24,29-32,41H,1-22H2. The Hall–Kier alpha value is -4.46. The van der Waals surface area contributed by atoms with Gasteiger partial charge in [0.15, 0.2) is 0 Å². The number of benzene rings is 1. The molecule has 0 radical (unpaired) electrons. The van der Waals surface area contributed by atoms with Gasteiger partial charge in [0.05, 0.1) is 0 Å². The molecule has 288 valence electrons. The smallest absolute Gasteiger partial charge is 0.349 e. The van der Waals surface area contributed by atoms with Gasteiger partial charge < -0.3 is 39.1 Å². The maximum absolute atomic E-state index is 14.3. The van der Waals surface area contributed by atoms with Crippen molar-refractivity contribution in [2.75, 3.05) is 70.3 Å². The number of anilines is 1. The Bertz CT molecular complexity index is 1940. The maximum Gasteiger partial charge on any atom is 0.349 e. The number of rotatable bonds is 5. The van der Waals surface area contributed by atoms with Crippen LogP contribution in [0.4, 0.5) is 5.69 Å². The number of nitrogens with one attached hydrogen (secondary N) is 1. The average molecular weight is 742 g/mol. The van der Waals surface area contributed by atoms with E-state index < -0.39 is 35.7 Å². The van der Waals surface area contributed by atoms with Crippen LogP contribution in [-0.2, 0) is 32.0 Å². The number of fused-ring (bicyclic) bond motifs is 2. The summed E-state index contributed by atoms with van der Waals surface area (Å²) in [6, 6.07) is 1.03. The lowest BCUT2D eigenvalue weighted by Gasteiger charge is -2.37. The van der Waals surface area contributed by atoms with Gasteiger partial charge in [-0.05, 0) is 94.7 Å². The van der Waals surface area contributed by atoms with Crippen molar-refractivity contribution in [1.29, 1.82) is 0 Å². The molecule has 54 heavy (non-hydrogen) atoms. The predicted octanol–water partition coefficient (Wildman–Crippen LogP) is 1.50. The molecule has 0 aliphatic carbocycles. The maximum atomic E-state index is 14.3. The van der Waals surface area contributed by atoms with Gasteiger partial charge in [-0.3, -0.25) is 24.0 Å². The molecule has 1 aromatic heterocycles. The van der Waals surface area contributed by atoms with Crippen LogP contribution in [0, 0.1) is 0 Å². The molecule has 8 heterocycles. The molecule has 4 atom stereocenters. The van der Waals surface area contributed by atoms with Crippen LogP contribution in [0.1, 0.15) is 85.7 Å². The molecule has 0 bridgehead atoms. The van der Waals surface area contributed by atoms with Crippen LogP contribution in [0.25, 0.3) is 11.0 Å². The van der Waals surface area contributed by atoms with E-state index in [2.05, 4.69) is 16.3 Å². The Kier molecular flexibility index (Phi) is 9.35. The largest absolute Gasteiger partial charge is 0.422 e. The van der Waals surface area contributed by atoms with Crippen molar-refractivity contribution in [3.8, 4) is 0 Å². The first-order valence-corrected chi connectivity index (χ1v) is 20.4. The van der Waals surface area contributed by atoms with Gasteiger partial charge >= 0.3 is 5.63 Å². The quantitative estimate of drug-likeness (QED) is 0.451. The normalized spacial score (nSPS) is 26.9. The highest BCUT2D eigenvalue weighted by Gasteiger charge is 2.48. The number of aryl methyl sites for hydroxylation is 2. The van der Waals surface area contributed by atoms with Gasteiger partial charge in [-0.1, -0.05) is 0 Å². The predicted molar refractivity (Wildman–Crippen MR) is 199 cm³/mol. The summed E-state index contributed by atoms with van der Waals surface area (Å²) in [5, 5.41) is 4.01. The van der Waals surface area contributed by atoms with E-state index in [1.165, 1.54) is 16.2 Å². The van der Waals surface area contributed by atoms with Crippen molar-refractivity contribution in [3.63, 3.8) is 0 Å². The number of carbonyl (C=O) groups excluding carboxylic acids is 5. The molecule has 0 spiro atoms. The fraction of sp³-hybridized carbons (Fsp3) is 0.650. The third kappa shape index (κ3) is 5.95. The second kappa shape index (κ2) is 14.3. The Balaban J connectivity index is 0.911. The van der Waals surface area contributed by atoms with Crippen molar-refractivity contribution in [2.24, 2.45) is 0 Å². The Morgan fingerprint density at radius 1 is 0.593 bits per heavy atom. The molecule has 14 nitrogen and oxygen atoms in total. The van der Waals surface area contributed by atoms with Gasteiger partial charge in [-0.15, -0.1) is 0 Å². The van der Waals surface area contributed by atoms with Crippen LogP contribution in [0.5, 0.6) is 0 Å². The highest BCUT2D eigenvalue weighted by molar-refractivity contribution is 6.02. The van der Waals surface area contributed by atoms with Gasteiger partial charge in [0.1, 0.15) is 35.3 Å². The molecule has 9 rings (SSSR count). The molecule has 5 fully saturated rings. The first-order valence-electron chi connectivity index (χ1n) is 20.4. The second-order valence-electron chi connectivity index (χ2n) is 16.2. The summed E-state index contributed by atoms with van der Waals surface area (Å²) in [5.74, 6) is -1.23. The topological polar surface area (TPSA) is 147 Å². The first-order chi connectivity index (χ1) is 26.3. The van der Waals surface area contributed by atoms with Crippen LogP contribution in [0.3, 0.4) is 0 Å². The van der Waals surface area contributed by atoms with Crippen molar-refractivity contribution in [2.45, 2.75) is 101 Å². The number of carbonyl (C=O) groups is 5. The highest BCUT2D eigenvalue weighted by Crippen LogP contribution is 2.40. The Labute approximate surface area is 314 Å². The Morgan fingerprint density at radius 2 is 1.11 bits per heavy atom. The first kappa shape index (κ1) is 35.3. The summed E-state index contributed by atoms with van der Waals surface area (Å²) in [4.78, 5) is 94.4. The van der Waals surface area contributed by atoms with E-state index >= 15 is 0 Å². The third-order valence-corrected chi connectivity index (χ3v) is 13.1. The lowest BCUT2D eigenvalue weighted by atomic mass is 9.90. The molecule has 2 aromatic rings. The molecule has 5 saturated heterocycles. The monoisotopic (exact) mass is 741 g/mol. The number of hydrogen-bond acceptors (Lipinski definition) is 9. The lowest BCUT2D eigenvalue weighted by molar-refractivity contribution is -0.152. The minimum Gasteiger partial charge on any atom is -0.422 e. The molecule has 14 heteroatoms. The zero-order valence-corrected chi connectivity index (χ0v) is 31.1. The van der Waals surface area contributed by atoms with E-state index in [1.54, 1.807) is 20.8 Å². The van der Waals surface area contributed by atoms with E-state index in [0.717, 1.165) is 69.2 Å². The van der Waals surface area contributed by atoms with Crippen molar-refractivity contribution in [3.05, 3.63) is 39.2 Å². The summed E-state index contributed by atoms with van der Waals surface area (Å²) in [7, 11) is 0. The van der Waals surface area contributed by atoms with Crippen LogP contribution >= 0.6 is 0 Å². The van der Waals surface area contributed by atoms with E-state index in [0.29, 0.717) is 89.8 Å². The minimum absolute atomic E-state index is 0.0112. The van der Waals surface area contributed by atoms with Gasteiger partial charge in [0.2, 0.25) is 23.6 Å². The summed E-state index contributed by atoms with van der Waals surface area (Å²) in [6.45, 7) is 6.35. The SMILES string of the molecule is O=C(C1CCCN1C(=O)C1CCCN1C(=O)C1CCCN1C(=O)C1CCCN1C(=O)c1cc2cc3c4c(c2oc1=O)CCCN4CCC3)N1CCNCC1. The Morgan fingerprint density at radius 3 is 1.70 bits per heavy atom. The van der Waals surface area contributed by atoms with Crippen LogP contribution < -0.4 is 15.8 Å². The van der Waals surface area contributed by atoms with E-state index in [4.69, 9.17) is 4.42 Å². The molecule has 7 aliphatic heterocycles. The highest BCUT2D eigenvalue weighted by atomic mass is 16.4.